The van der Waals surface area contributed by atoms with Crippen molar-refractivity contribution in [1.82, 2.24) is 15.2 Å². The molecule has 6 nitrogen and oxygen atoms in total. The van der Waals surface area contributed by atoms with Crippen LogP contribution in [-0.2, 0) is 0 Å². The first kappa shape index (κ1) is 14.0. The molecule has 0 aliphatic carbocycles. The second-order valence-electron chi connectivity index (χ2n) is 4.55. The molecule has 0 spiro atoms. The second-order valence-corrected chi connectivity index (χ2v) is 5.41. The topological polar surface area (TPSA) is 82.5 Å². The predicted octanol–water partition coefficient (Wildman–Crippen LogP) is 1.06. The van der Waals surface area contributed by atoms with Crippen molar-refractivity contribution in [3.05, 3.63) is 16.1 Å². The molecule has 104 valence electrons. The molecule has 0 saturated carbocycles. The molecule has 1 aliphatic heterocycles. The van der Waals surface area contributed by atoms with Gasteiger partial charge in [0.15, 0.2) is 10.7 Å². The molecule has 1 amide bonds. The van der Waals surface area contributed by atoms with Gasteiger partial charge in [-0.1, -0.05) is 6.92 Å². The monoisotopic (exact) mass is 283 g/mol. The largest absolute Gasteiger partial charge is 0.476 e. The summed E-state index contributed by atoms with van der Waals surface area (Å²) in [5.41, 5.74) is -0.0750. The van der Waals surface area contributed by atoms with Gasteiger partial charge in [-0.05, 0) is 25.9 Å². The molecule has 7 heteroatoms. The van der Waals surface area contributed by atoms with E-state index in [9.17, 15) is 9.59 Å². The fraction of sp³-hybridized carbons (Fsp3) is 0.583. The highest BCUT2D eigenvalue weighted by atomic mass is 32.1. The van der Waals surface area contributed by atoms with E-state index < -0.39 is 5.97 Å². The SMILES string of the molecule is CCN1CCCC(NC(=O)c2nc(C(=O)O)cs2)C1. The number of rotatable bonds is 4. The van der Waals surface area contributed by atoms with Gasteiger partial charge in [0.25, 0.3) is 5.91 Å². The molecule has 1 aromatic rings. The normalized spacial score (nSPS) is 20.2. The highest BCUT2D eigenvalue weighted by Gasteiger charge is 2.22. The quantitative estimate of drug-likeness (QED) is 0.863. The number of carboxylic acid groups (broad SMARTS) is 1. The molecule has 1 atom stereocenters. The summed E-state index contributed by atoms with van der Waals surface area (Å²) in [6, 6.07) is 0.123. The Morgan fingerprint density at radius 1 is 1.63 bits per heavy atom. The van der Waals surface area contributed by atoms with Crippen LogP contribution in [0.15, 0.2) is 5.38 Å². The third-order valence-corrected chi connectivity index (χ3v) is 4.05. The van der Waals surface area contributed by atoms with Crippen molar-refractivity contribution < 1.29 is 14.7 Å². The van der Waals surface area contributed by atoms with E-state index in [-0.39, 0.29) is 22.7 Å². The van der Waals surface area contributed by atoms with Crippen molar-refractivity contribution in [3.63, 3.8) is 0 Å². The lowest BCUT2D eigenvalue weighted by Crippen LogP contribution is -2.47. The summed E-state index contributed by atoms with van der Waals surface area (Å²) in [6.45, 7) is 5.00. The maximum absolute atomic E-state index is 12.0. The molecule has 1 unspecified atom stereocenters. The number of hydrogen-bond donors (Lipinski definition) is 2. The van der Waals surface area contributed by atoms with Crippen LogP contribution in [-0.4, -0.2) is 52.5 Å². The number of thiazole rings is 1. The van der Waals surface area contributed by atoms with Gasteiger partial charge in [-0.15, -0.1) is 11.3 Å². The van der Waals surface area contributed by atoms with Gasteiger partial charge in [-0.3, -0.25) is 4.79 Å². The molecule has 19 heavy (non-hydrogen) atoms. The van der Waals surface area contributed by atoms with Crippen LogP contribution < -0.4 is 5.32 Å². The van der Waals surface area contributed by atoms with E-state index in [4.69, 9.17) is 5.11 Å². The Morgan fingerprint density at radius 2 is 2.42 bits per heavy atom. The maximum Gasteiger partial charge on any atom is 0.355 e. The molecule has 1 fully saturated rings. The van der Waals surface area contributed by atoms with Crippen LogP contribution in [0.3, 0.4) is 0 Å². The number of piperidine rings is 1. The highest BCUT2D eigenvalue weighted by Crippen LogP contribution is 2.13. The van der Waals surface area contributed by atoms with Crippen LogP contribution in [0.25, 0.3) is 0 Å². The van der Waals surface area contributed by atoms with E-state index in [2.05, 4.69) is 22.1 Å². The van der Waals surface area contributed by atoms with Gasteiger partial charge in [0.05, 0.1) is 0 Å². The fourth-order valence-corrected chi connectivity index (χ4v) is 2.88. The average Bonchev–Trinajstić information content (AvgIpc) is 2.89. The molecule has 0 radical (unpaired) electrons. The Labute approximate surface area is 115 Å². The predicted molar refractivity (Wildman–Crippen MR) is 71.7 cm³/mol. The molecule has 0 aromatic carbocycles. The number of aromatic carboxylic acids is 1. The number of carbonyl (C=O) groups is 2. The van der Waals surface area contributed by atoms with Crippen molar-refractivity contribution in [2.75, 3.05) is 19.6 Å². The van der Waals surface area contributed by atoms with Gasteiger partial charge >= 0.3 is 5.97 Å². The smallest absolute Gasteiger partial charge is 0.355 e. The van der Waals surface area contributed by atoms with Crippen molar-refractivity contribution in [3.8, 4) is 0 Å². The van der Waals surface area contributed by atoms with E-state index in [0.29, 0.717) is 0 Å². The summed E-state index contributed by atoms with van der Waals surface area (Å²) in [6.07, 6.45) is 2.02. The fourth-order valence-electron chi connectivity index (χ4n) is 2.18. The van der Waals surface area contributed by atoms with Crippen LogP contribution >= 0.6 is 11.3 Å². The lowest BCUT2D eigenvalue weighted by Gasteiger charge is -2.32. The van der Waals surface area contributed by atoms with Crippen LogP contribution in [0.1, 0.15) is 40.1 Å². The lowest BCUT2D eigenvalue weighted by atomic mass is 10.1. The van der Waals surface area contributed by atoms with Crippen molar-refractivity contribution in [1.29, 1.82) is 0 Å². The molecule has 2 rings (SSSR count). The zero-order valence-electron chi connectivity index (χ0n) is 10.8. The molecular formula is C12H17N3O3S. The number of nitrogens with zero attached hydrogens (tertiary/aromatic N) is 2. The Morgan fingerprint density at radius 3 is 3.05 bits per heavy atom. The minimum absolute atomic E-state index is 0.0750. The number of likely N-dealkylation sites (N-methyl/N-ethyl adjacent to an activating group) is 1. The molecular weight excluding hydrogens is 266 g/mol. The molecule has 1 saturated heterocycles. The number of carboxylic acids is 1. The highest BCUT2D eigenvalue weighted by molar-refractivity contribution is 7.11. The minimum atomic E-state index is -1.11. The van der Waals surface area contributed by atoms with Gasteiger partial charge in [-0.2, -0.15) is 0 Å². The van der Waals surface area contributed by atoms with Crippen LogP contribution in [0.2, 0.25) is 0 Å². The number of aromatic nitrogens is 1. The molecule has 1 aromatic heterocycles. The summed E-state index contributed by atoms with van der Waals surface area (Å²) in [7, 11) is 0. The van der Waals surface area contributed by atoms with Crippen LogP contribution in [0.5, 0.6) is 0 Å². The first-order valence-corrected chi connectivity index (χ1v) is 7.20. The average molecular weight is 283 g/mol. The second kappa shape index (κ2) is 6.12. The third-order valence-electron chi connectivity index (χ3n) is 3.21. The van der Waals surface area contributed by atoms with E-state index in [1.807, 2.05) is 0 Å². The Bertz CT molecular complexity index is 475. The molecule has 2 N–H and O–H groups in total. The number of carbonyl (C=O) groups excluding carboxylic acids is 1. The van der Waals surface area contributed by atoms with Crippen molar-refractivity contribution in [2.45, 2.75) is 25.8 Å². The Balaban J connectivity index is 1.94. The summed E-state index contributed by atoms with van der Waals surface area (Å²) >= 11 is 1.06. The number of likely N-dealkylation sites (tertiary alicyclic amines) is 1. The van der Waals surface area contributed by atoms with Gasteiger partial charge in [0.1, 0.15) is 0 Å². The summed E-state index contributed by atoms with van der Waals surface area (Å²) in [5.74, 6) is -1.38. The van der Waals surface area contributed by atoms with Gasteiger partial charge < -0.3 is 15.3 Å². The number of nitrogens with one attached hydrogen (secondary N) is 1. The Kier molecular flexibility index (Phi) is 4.49. The zero-order chi connectivity index (χ0) is 13.8. The molecule has 0 bridgehead atoms. The summed E-state index contributed by atoms with van der Waals surface area (Å²) in [5, 5.41) is 13.3. The zero-order valence-corrected chi connectivity index (χ0v) is 11.6. The summed E-state index contributed by atoms with van der Waals surface area (Å²) in [4.78, 5) is 28.8. The first-order valence-electron chi connectivity index (χ1n) is 6.32. The van der Waals surface area contributed by atoms with Gasteiger partial charge in [0.2, 0.25) is 0 Å². The first-order chi connectivity index (χ1) is 9.10. The van der Waals surface area contributed by atoms with Crippen molar-refractivity contribution in [2.24, 2.45) is 0 Å². The minimum Gasteiger partial charge on any atom is -0.476 e. The van der Waals surface area contributed by atoms with E-state index in [1.165, 1.54) is 5.38 Å². The Hall–Kier alpha value is -1.47. The maximum atomic E-state index is 12.0. The molecule has 1 aliphatic rings. The van der Waals surface area contributed by atoms with Crippen LogP contribution in [0, 0.1) is 0 Å². The van der Waals surface area contributed by atoms with E-state index >= 15 is 0 Å². The summed E-state index contributed by atoms with van der Waals surface area (Å²) < 4.78 is 0. The lowest BCUT2D eigenvalue weighted by molar-refractivity contribution is 0.0691. The number of hydrogen-bond acceptors (Lipinski definition) is 5. The van der Waals surface area contributed by atoms with Crippen LogP contribution in [0.4, 0.5) is 0 Å². The standard InChI is InChI=1S/C12H17N3O3S/c1-2-15-5-3-4-8(6-15)13-10(16)11-14-9(7-19-11)12(17)18/h7-8H,2-6H2,1H3,(H,13,16)(H,17,18). The number of amides is 1. The van der Waals surface area contributed by atoms with Crippen molar-refractivity contribution >= 4 is 23.2 Å². The third kappa shape index (κ3) is 3.51. The van der Waals surface area contributed by atoms with Gasteiger partial charge in [-0.25, -0.2) is 9.78 Å². The van der Waals surface area contributed by atoms with E-state index in [0.717, 1.165) is 43.8 Å². The van der Waals surface area contributed by atoms with E-state index in [1.54, 1.807) is 0 Å². The van der Waals surface area contributed by atoms with Gasteiger partial charge in [0, 0.05) is 18.0 Å². The molecule has 2 heterocycles.